The number of fused-ring (bicyclic) bond motifs is 2. The summed E-state index contributed by atoms with van der Waals surface area (Å²) in [4.78, 5) is 13.7. The number of hydrogen-bond acceptors (Lipinski definition) is 3. The second-order valence-electron chi connectivity index (χ2n) is 10.3. The smallest absolute Gasteiger partial charge is 0.185 e. The fourth-order valence-electron chi connectivity index (χ4n) is 5.20. The quantitative estimate of drug-likeness (QED) is 0.211. The van der Waals surface area contributed by atoms with E-state index in [4.69, 9.17) is 4.43 Å². The summed E-state index contributed by atoms with van der Waals surface area (Å²) in [5, 5.41) is 0. The van der Waals surface area contributed by atoms with Crippen molar-refractivity contribution < 1.29 is 9.22 Å². The Balaban J connectivity index is 1.81. The first-order valence-corrected chi connectivity index (χ1v) is 15.0. The van der Waals surface area contributed by atoms with Gasteiger partial charge in [-0.25, -0.2) is 0 Å². The lowest BCUT2D eigenvalue weighted by Crippen LogP contribution is -2.62. The Labute approximate surface area is 176 Å². The lowest BCUT2D eigenvalue weighted by molar-refractivity contribution is -0.147. The third-order valence-electron chi connectivity index (χ3n) is 6.70. The Bertz CT molecular complexity index is 711. The predicted octanol–water partition coefficient (Wildman–Crippen LogP) is 6.44. The van der Waals surface area contributed by atoms with Crippen molar-refractivity contribution in [3.05, 3.63) is 42.5 Å². The van der Waals surface area contributed by atoms with E-state index in [0.717, 1.165) is 24.9 Å². The summed E-state index contributed by atoms with van der Waals surface area (Å²) in [7, 11) is -1.82. The molecule has 154 valence electrons. The van der Waals surface area contributed by atoms with Crippen molar-refractivity contribution in [3.63, 3.8) is 0 Å². The minimum atomic E-state index is -1.82. The highest BCUT2D eigenvalue weighted by molar-refractivity contribution is 7.99. The molecule has 0 heterocycles. The fraction of sp³-hybridized carbons (Fsp3) is 0.625. The van der Waals surface area contributed by atoms with E-state index in [1.807, 2.05) is 11.8 Å². The van der Waals surface area contributed by atoms with Crippen LogP contribution in [0, 0.1) is 29.1 Å². The molecule has 4 rings (SSSR count). The Morgan fingerprint density at radius 2 is 1.89 bits per heavy atom. The average molecular weight is 417 g/mol. The summed E-state index contributed by atoms with van der Waals surface area (Å²) in [5.74, 6) is 3.45. The van der Waals surface area contributed by atoms with Gasteiger partial charge in [-0.1, -0.05) is 51.1 Å². The SMILES string of the molecule is CC(C)[C@@H](CSc1ccccc1)[C@@H]1C[C@@]2(C)C=C[C@@H]1C[C@@]2(C=O)O[Si](C)(C)C. The van der Waals surface area contributed by atoms with Gasteiger partial charge in [0.15, 0.2) is 14.6 Å². The zero-order valence-electron chi connectivity index (χ0n) is 18.3. The summed E-state index contributed by atoms with van der Waals surface area (Å²) < 4.78 is 6.58. The van der Waals surface area contributed by atoms with Gasteiger partial charge in [-0.3, -0.25) is 0 Å². The van der Waals surface area contributed by atoms with Crippen molar-refractivity contribution in [1.82, 2.24) is 0 Å². The molecule has 1 aromatic carbocycles. The molecular weight excluding hydrogens is 380 g/mol. The molecule has 0 aromatic heterocycles. The van der Waals surface area contributed by atoms with E-state index in [1.165, 1.54) is 4.90 Å². The maximum Gasteiger partial charge on any atom is 0.185 e. The molecule has 1 fully saturated rings. The van der Waals surface area contributed by atoms with Crippen LogP contribution in [0.5, 0.6) is 0 Å². The molecule has 3 aliphatic carbocycles. The van der Waals surface area contributed by atoms with Gasteiger partial charge in [0.05, 0.1) is 0 Å². The third kappa shape index (κ3) is 4.34. The van der Waals surface area contributed by atoms with Crippen LogP contribution in [0.1, 0.15) is 33.6 Å². The van der Waals surface area contributed by atoms with E-state index in [1.54, 1.807) is 0 Å². The van der Waals surface area contributed by atoms with Crippen molar-refractivity contribution in [2.75, 3.05) is 5.75 Å². The van der Waals surface area contributed by atoms with E-state index in [2.05, 4.69) is 82.9 Å². The number of benzene rings is 1. The van der Waals surface area contributed by atoms with Crippen LogP contribution in [-0.2, 0) is 9.22 Å². The van der Waals surface area contributed by atoms with Gasteiger partial charge in [0.2, 0.25) is 0 Å². The van der Waals surface area contributed by atoms with Crippen molar-refractivity contribution in [2.45, 2.75) is 63.8 Å². The molecule has 0 spiro atoms. The van der Waals surface area contributed by atoms with Crippen molar-refractivity contribution in [2.24, 2.45) is 29.1 Å². The second-order valence-corrected chi connectivity index (χ2v) is 15.8. The number of thioether (sulfide) groups is 1. The van der Waals surface area contributed by atoms with Crippen LogP contribution in [0.2, 0.25) is 19.6 Å². The molecule has 28 heavy (non-hydrogen) atoms. The third-order valence-corrected chi connectivity index (χ3v) is 8.83. The topological polar surface area (TPSA) is 26.3 Å². The second kappa shape index (κ2) is 8.12. The van der Waals surface area contributed by atoms with Gasteiger partial charge in [0, 0.05) is 16.1 Å². The van der Waals surface area contributed by atoms with Crippen LogP contribution in [0.3, 0.4) is 0 Å². The lowest BCUT2D eigenvalue weighted by Gasteiger charge is -2.58. The first-order chi connectivity index (χ1) is 13.1. The Hall–Kier alpha value is -0.843. The molecule has 0 aliphatic heterocycles. The van der Waals surface area contributed by atoms with Crippen LogP contribution in [0.25, 0.3) is 0 Å². The summed E-state index contributed by atoms with van der Waals surface area (Å²) in [5.41, 5.74) is -0.833. The standard InChI is InChI=1S/C24H36O2SSi/c1-18(2)22(16-27-20-10-8-7-9-11-20)21-15-23(3)13-12-19(21)14-24(23,17-25)26-28(4,5)6/h7-13,17-19,21-22H,14-16H2,1-6H3/t19-,21-,22-,23-,24+/m1/s1. The lowest BCUT2D eigenvalue weighted by atomic mass is 9.51. The van der Waals surface area contributed by atoms with E-state index in [-0.39, 0.29) is 5.41 Å². The van der Waals surface area contributed by atoms with Crippen LogP contribution in [0.15, 0.2) is 47.4 Å². The van der Waals surface area contributed by atoms with E-state index >= 15 is 0 Å². The Kier molecular flexibility index (Phi) is 6.34. The minimum absolute atomic E-state index is 0.195. The van der Waals surface area contributed by atoms with E-state index in [0.29, 0.717) is 23.7 Å². The molecule has 2 bridgehead atoms. The van der Waals surface area contributed by atoms with Crippen LogP contribution in [-0.4, -0.2) is 26.0 Å². The van der Waals surface area contributed by atoms with Crippen molar-refractivity contribution in [3.8, 4) is 0 Å². The maximum atomic E-state index is 12.3. The summed E-state index contributed by atoms with van der Waals surface area (Å²) in [6.45, 7) is 13.5. The van der Waals surface area contributed by atoms with Crippen molar-refractivity contribution in [1.29, 1.82) is 0 Å². The Morgan fingerprint density at radius 3 is 2.43 bits per heavy atom. The number of allylic oxidation sites excluding steroid dienone is 1. The number of carbonyl (C=O) groups excluding carboxylic acids is 1. The van der Waals surface area contributed by atoms with Gasteiger partial charge in [0.25, 0.3) is 0 Å². The van der Waals surface area contributed by atoms with Gasteiger partial charge < -0.3 is 9.22 Å². The molecule has 0 radical (unpaired) electrons. The number of aldehydes is 1. The first kappa shape index (κ1) is 21.9. The van der Waals surface area contributed by atoms with Crippen molar-refractivity contribution >= 4 is 26.4 Å². The molecule has 0 saturated heterocycles. The highest BCUT2D eigenvalue weighted by Gasteiger charge is 2.59. The van der Waals surface area contributed by atoms with Gasteiger partial charge in [0.1, 0.15) is 5.60 Å². The monoisotopic (exact) mass is 416 g/mol. The van der Waals surface area contributed by atoms with Crippen LogP contribution >= 0.6 is 11.8 Å². The van der Waals surface area contributed by atoms with Gasteiger partial charge in [-0.15, -0.1) is 11.8 Å². The Morgan fingerprint density at radius 1 is 1.21 bits per heavy atom. The summed E-state index contributed by atoms with van der Waals surface area (Å²) in [6, 6.07) is 10.7. The average Bonchev–Trinajstić information content (AvgIpc) is 2.62. The highest BCUT2D eigenvalue weighted by atomic mass is 32.2. The van der Waals surface area contributed by atoms with Crippen LogP contribution in [0.4, 0.5) is 0 Å². The molecule has 3 aliphatic rings. The molecule has 0 amide bonds. The molecule has 1 saturated carbocycles. The van der Waals surface area contributed by atoms with Gasteiger partial charge in [-0.2, -0.15) is 0 Å². The predicted molar refractivity (Wildman–Crippen MR) is 122 cm³/mol. The largest absolute Gasteiger partial charge is 0.405 e. The van der Waals surface area contributed by atoms with Crippen LogP contribution < -0.4 is 0 Å². The van der Waals surface area contributed by atoms with E-state index in [9.17, 15) is 4.79 Å². The molecule has 1 aromatic rings. The fourth-order valence-corrected chi connectivity index (χ4v) is 8.03. The molecular formula is C24H36O2SSi. The minimum Gasteiger partial charge on any atom is -0.405 e. The summed E-state index contributed by atoms with van der Waals surface area (Å²) >= 11 is 1.97. The number of hydrogen-bond donors (Lipinski definition) is 0. The zero-order chi connectivity index (χ0) is 20.6. The number of rotatable bonds is 8. The zero-order valence-corrected chi connectivity index (χ0v) is 20.1. The van der Waals surface area contributed by atoms with Gasteiger partial charge >= 0.3 is 0 Å². The van der Waals surface area contributed by atoms with Gasteiger partial charge in [-0.05, 0) is 68.3 Å². The first-order valence-electron chi connectivity index (χ1n) is 10.6. The molecule has 5 atom stereocenters. The maximum absolute atomic E-state index is 12.3. The number of carbonyl (C=O) groups is 1. The summed E-state index contributed by atoms with van der Waals surface area (Å²) in [6.07, 6.45) is 7.73. The molecule has 2 nitrogen and oxygen atoms in total. The van der Waals surface area contributed by atoms with E-state index < -0.39 is 13.9 Å². The normalized spacial score (nSPS) is 33.2. The molecule has 0 N–H and O–H groups in total. The highest BCUT2D eigenvalue weighted by Crippen LogP contribution is 2.58. The molecule has 0 unspecified atom stereocenters. The molecule has 4 heteroatoms.